The van der Waals surface area contributed by atoms with Crippen LogP contribution in [0.4, 0.5) is 5.69 Å². The van der Waals surface area contributed by atoms with E-state index in [-0.39, 0.29) is 6.42 Å². The van der Waals surface area contributed by atoms with Gasteiger partial charge in [0.25, 0.3) is 0 Å². The highest BCUT2D eigenvalue weighted by Gasteiger charge is 2.10. The molecule has 1 aromatic heterocycles. The first-order valence-corrected chi connectivity index (χ1v) is 11.8. The molecule has 0 aliphatic carbocycles. The van der Waals surface area contributed by atoms with E-state index < -0.39 is 5.97 Å². The molecule has 0 spiro atoms. The summed E-state index contributed by atoms with van der Waals surface area (Å²) in [4.78, 5) is 10.9. The zero-order chi connectivity index (χ0) is 24.8. The van der Waals surface area contributed by atoms with Crippen molar-refractivity contribution in [3.8, 4) is 16.9 Å². The van der Waals surface area contributed by atoms with E-state index in [0.29, 0.717) is 37.5 Å². The molecule has 0 unspecified atom stereocenters. The van der Waals surface area contributed by atoms with E-state index in [2.05, 4.69) is 55.6 Å². The van der Waals surface area contributed by atoms with E-state index in [9.17, 15) is 9.90 Å². The normalized spacial score (nSPS) is 11.1. The van der Waals surface area contributed by atoms with Crippen molar-refractivity contribution < 1.29 is 23.8 Å². The monoisotopic (exact) mass is 472 g/mol. The summed E-state index contributed by atoms with van der Waals surface area (Å²) >= 11 is 0. The molecule has 0 saturated carbocycles. The van der Waals surface area contributed by atoms with Crippen LogP contribution in [0.15, 0.2) is 65.3 Å². The van der Waals surface area contributed by atoms with Crippen molar-refractivity contribution in [2.75, 3.05) is 25.1 Å². The topological polar surface area (TPSA) is 83.8 Å². The quantitative estimate of drug-likeness (QED) is 0.308. The van der Waals surface area contributed by atoms with Gasteiger partial charge in [0.05, 0.1) is 12.9 Å². The maximum atomic E-state index is 10.9. The first kappa shape index (κ1) is 24.4. The number of hydrogen-bond donors (Lipinski definition) is 1. The number of carbonyl (C=O) groups is 1. The lowest BCUT2D eigenvalue weighted by Gasteiger charge is -2.15. The predicted octanol–water partition coefficient (Wildman–Crippen LogP) is 5.04. The average Bonchev–Trinajstić information content (AvgIpc) is 3.22. The molecule has 4 rings (SSSR count). The van der Waals surface area contributed by atoms with Crippen molar-refractivity contribution in [1.82, 2.24) is 0 Å². The van der Waals surface area contributed by atoms with Gasteiger partial charge >= 0.3 is 0 Å². The van der Waals surface area contributed by atoms with Crippen molar-refractivity contribution >= 4 is 22.6 Å². The molecule has 6 nitrogen and oxygen atoms in total. The van der Waals surface area contributed by atoms with E-state index in [1.165, 1.54) is 11.8 Å². The van der Waals surface area contributed by atoms with Gasteiger partial charge in [0.2, 0.25) is 0 Å². The summed E-state index contributed by atoms with van der Waals surface area (Å²) in [5.74, 6) is -0.263. The maximum Gasteiger partial charge on any atom is 0.136 e. The van der Waals surface area contributed by atoms with E-state index in [1.54, 1.807) is 0 Å². The summed E-state index contributed by atoms with van der Waals surface area (Å²) in [6.07, 6.45) is 1.32. The molecule has 0 bridgehead atoms. The van der Waals surface area contributed by atoms with Gasteiger partial charge in [0.15, 0.2) is 0 Å². The van der Waals surface area contributed by atoms with Crippen LogP contribution in [0.3, 0.4) is 0 Å². The fourth-order valence-electron chi connectivity index (χ4n) is 4.35. The fraction of sp³-hybridized carbons (Fsp3) is 0.276. The minimum Gasteiger partial charge on any atom is -0.550 e. The Bertz CT molecular complexity index is 1300. The minimum atomic E-state index is -1.12. The number of hydrogen-bond acceptors (Lipinski definition) is 6. The van der Waals surface area contributed by atoms with Crippen LogP contribution in [-0.2, 0) is 22.5 Å². The van der Waals surface area contributed by atoms with Gasteiger partial charge in [-0.1, -0.05) is 18.2 Å². The number of benzene rings is 3. The number of ether oxygens (including phenoxy) is 2. The van der Waals surface area contributed by atoms with Crippen LogP contribution >= 0.6 is 0 Å². The van der Waals surface area contributed by atoms with E-state index in [0.717, 1.165) is 39.1 Å². The summed E-state index contributed by atoms with van der Waals surface area (Å²) < 4.78 is 16.7. The highest BCUT2D eigenvalue weighted by Crippen LogP contribution is 2.32. The van der Waals surface area contributed by atoms with Crippen molar-refractivity contribution in [2.24, 2.45) is 0 Å². The molecule has 6 heteroatoms. The van der Waals surface area contributed by atoms with E-state index in [1.807, 2.05) is 25.1 Å². The second-order valence-electron chi connectivity index (χ2n) is 8.55. The Labute approximate surface area is 205 Å². The van der Waals surface area contributed by atoms with Crippen molar-refractivity contribution in [1.29, 1.82) is 0 Å². The number of aliphatic carboxylic acids is 1. The van der Waals surface area contributed by atoms with Gasteiger partial charge in [-0.25, -0.2) is 0 Å². The van der Waals surface area contributed by atoms with Gasteiger partial charge in [-0.2, -0.15) is 0 Å². The lowest BCUT2D eigenvalue weighted by molar-refractivity contribution is -0.304. The third-order valence-electron chi connectivity index (χ3n) is 5.91. The number of furan rings is 1. The van der Waals surface area contributed by atoms with Crippen LogP contribution in [0.25, 0.3) is 22.1 Å². The summed E-state index contributed by atoms with van der Waals surface area (Å²) in [7, 11) is 0. The number of nitrogens with one attached hydrogen (secondary N) is 1. The summed E-state index contributed by atoms with van der Waals surface area (Å²) in [5, 5.41) is 15.1. The molecule has 1 N–H and O–H groups in total. The lowest BCUT2D eigenvalue weighted by atomic mass is 9.94. The zero-order valence-electron chi connectivity index (χ0n) is 20.4. The summed E-state index contributed by atoms with van der Waals surface area (Å²) in [6, 6.07) is 18.3. The highest BCUT2D eigenvalue weighted by molar-refractivity contribution is 5.87. The van der Waals surface area contributed by atoms with Crippen LogP contribution in [0.2, 0.25) is 0 Å². The number of anilines is 1. The van der Waals surface area contributed by atoms with Crippen molar-refractivity contribution in [2.45, 2.75) is 33.7 Å². The Morgan fingerprint density at radius 3 is 2.57 bits per heavy atom. The fourth-order valence-corrected chi connectivity index (χ4v) is 4.35. The number of carboxylic acids is 1. The number of fused-ring (bicyclic) bond motifs is 1. The first-order chi connectivity index (χ1) is 16.9. The lowest BCUT2D eigenvalue weighted by Crippen LogP contribution is -2.24. The number of rotatable bonds is 11. The highest BCUT2D eigenvalue weighted by atomic mass is 16.5. The second-order valence-corrected chi connectivity index (χ2v) is 8.55. The van der Waals surface area contributed by atoms with Crippen LogP contribution in [0.1, 0.15) is 29.2 Å². The van der Waals surface area contributed by atoms with E-state index >= 15 is 0 Å². The van der Waals surface area contributed by atoms with E-state index in [4.69, 9.17) is 13.9 Å². The molecule has 0 saturated heterocycles. The predicted molar refractivity (Wildman–Crippen MR) is 136 cm³/mol. The minimum absolute atomic E-state index is 0.161. The molecule has 0 aliphatic heterocycles. The largest absolute Gasteiger partial charge is 0.550 e. The molecular weight excluding hydrogens is 442 g/mol. The SMILES string of the molecule is CCOCCOc1cc(C)c(-c2cccc(CNc3ccc4c(CC(=O)[O-])coc4c3)c2)c(C)c1. The molecule has 1 heterocycles. The van der Waals surface area contributed by atoms with Crippen molar-refractivity contribution in [3.05, 3.63) is 83.1 Å². The Morgan fingerprint density at radius 1 is 1.03 bits per heavy atom. The van der Waals surface area contributed by atoms with Gasteiger partial charge in [0.1, 0.15) is 17.9 Å². The Kier molecular flexibility index (Phi) is 7.73. The summed E-state index contributed by atoms with van der Waals surface area (Å²) in [5.41, 5.74) is 8.02. The molecule has 3 aromatic carbocycles. The van der Waals surface area contributed by atoms with Crippen LogP contribution in [0, 0.1) is 13.8 Å². The van der Waals surface area contributed by atoms with Gasteiger partial charge in [-0.15, -0.1) is 0 Å². The molecule has 35 heavy (non-hydrogen) atoms. The third-order valence-corrected chi connectivity index (χ3v) is 5.91. The smallest absolute Gasteiger partial charge is 0.136 e. The Hall–Kier alpha value is -3.77. The van der Waals surface area contributed by atoms with Crippen LogP contribution in [0.5, 0.6) is 5.75 Å². The molecule has 0 aliphatic rings. The number of aryl methyl sites for hydroxylation is 2. The molecule has 0 amide bonds. The standard InChI is InChI=1S/C29H31NO5/c1-4-33-10-11-34-25-12-19(2)29(20(3)13-25)22-7-5-6-21(14-22)17-30-24-8-9-26-23(15-28(31)32)18-35-27(26)16-24/h5-9,12-14,16,18,30H,4,10-11,15,17H2,1-3H3,(H,31,32)/p-1. The Morgan fingerprint density at radius 2 is 1.83 bits per heavy atom. The Balaban J connectivity index is 1.46. The van der Waals surface area contributed by atoms with Crippen LogP contribution < -0.4 is 15.2 Å². The van der Waals surface area contributed by atoms with Crippen molar-refractivity contribution in [3.63, 3.8) is 0 Å². The molecule has 0 radical (unpaired) electrons. The first-order valence-electron chi connectivity index (χ1n) is 11.8. The van der Waals surface area contributed by atoms with Gasteiger partial charge in [-0.3, -0.25) is 0 Å². The maximum absolute atomic E-state index is 10.9. The number of carboxylic acid groups (broad SMARTS) is 1. The van der Waals surface area contributed by atoms with Crippen LogP contribution in [-0.4, -0.2) is 25.8 Å². The number of carbonyl (C=O) groups excluding carboxylic acids is 1. The second kappa shape index (κ2) is 11.1. The molecular formula is C29H30NO5-. The van der Waals surface area contributed by atoms with Gasteiger partial charge in [-0.05, 0) is 78.9 Å². The molecule has 182 valence electrons. The molecule has 0 atom stereocenters. The molecule has 0 fully saturated rings. The molecule has 4 aromatic rings. The zero-order valence-corrected chi connectivity index (χ0v) is 20.4. The summed E-state index contributed by atoms with van der Waals surface area (Å²) in [6.45, 7) is 8.64. The van der Waals surface area contributed by atoms with Gasteiger partial charge in [0, 0.05) is 48.2 Å². The van der Waals surface area contributed by atoms with Gasteiger partial charge < -0.3 is 29.1 Å². The average molecular weight is 473 g/mol. The third kappa shape index (κ3) is 6.03.